The highest BCUT2D eigenvalue weighted by atomic mass is 19.4. The summed E-state index contributed by atoms with van der Waals surface area (Å²) < 4.78 is 56.3. The molecule has 3 amide bonds. The van der Waals surface area contributed by atoms with Gasteiger partial charge in [-0.25, -0.2) is 9.48 Å². The summed E-state index contributed by atoms with van der Waals surface area (Å²) in [5.41, 5.74) is 1.73. The Bertz CT molecular complexity index is 1280. The van der Waals surface area contributed by atoms with Gasteiger partial charge in [-0.2, -0.15) is 13.2 Å². The molecule has 0 bridgehead atoms. The fourth-order valence-electron chi connectivity index (χ4n) is 3.71. The van der Waals surface area contributed by atoms with Crippen LogP contribution in [0, 0.1) is 0 Å². The first-order chi connectivity index (χ1) is 19.7. The lowest BCUT2D eigenvalue weighted by atomic mass is 10.1. The van der Waals surface area contributed by atoms with Gasteiger partial charge in [-0.05, 0) is 49.1 Å². The molecular weight excluding hydrogens is 548 g/mol. The molecule has 0 unspecified atom stereocenters. The Morgan fingerprint density at radius 1 is 0.854 bits per heavy atom. The SMILES string of the molecule is O=C(NCCNC(=O)c1nnn(-c2ccc(C(=O)NCC(F)(F)F)cc2)c1CCCCCF)OCc1ccccc1. The zero-order valence-corrected chi connectivity index (χ0v) is 22.0. The number of amides is 3. The normalized spacial score (nSPS) is 11.1. The van der Waals surface area contributed by atoms with Crippen molar-refractivity contribution >= 4 is 17.9 Å². The Hall–Kier alpha value is -4.49. The van der Waals surface area contributed by atoms with Gasteiger partial charge in [0.1, 0.15) is 13.2 Å². The molecule has 0 saturated carbocycles. The van der Waals surface area contributed by atoms with E-state index >= 15 is 0 Å². The number of carbonyl (C=O) groups is 3. The number of rotatable bonds is 14. The van der Waals surface area contributed by atoms with E-state index in [1.165, 1.54) is 28.9 Å². The fourth-order valence-corrected chi connectivity index (χ4v) is 3.71. The average molecular weight is 579 g/mol. The summed E-state index contributed by atoms with van der Waals surface area (Å²) in [4.78, 5) is 36.8. The Kier molecular flexibility index (Phi) is 11.6. The number of halogens is 4. The highest BCUT2D eigenvalue weighted by molar-refractivity contribution is 5.94. The number of unbranched alkanes of at least 4 members (excludes halogenated alkanes) is 2. The maximum Gasteiger partial charge on any atom is 0.407 e. The second-order valence-electron chi connectivity index (χ2n) is 8.89. The fraction of sp³-hybridized carbons (Fsp3) is 0.370. The summed E-state index contributed by atoms with van der Waals surface area (Å²) >= 11 is 0. The first-order valence-electron chi connectivity index (χ1n) is 12.9. The van der Waals surface area contributed by atoms with Crippen LogP contribution in [0.25, 0.3) is 5.69 Å². The lowest BCUT2D eigenvalue weighted by Gasteiger charge is -2.11. The zero-order valence-electron chi connectivity index (χ0n) is 22.0. The first kappa shape index (κ1) is 31.0. The van der Waals surface area contributed by atoms with E-state index < -0.39 is 37.3 Å². The van der Waals surface area contributed by atoms with E-state index in [1.54, 1.807) is 5.32 Å². The molecule has 0 spiro atoms. The molecule has 0 aliphatic carbocycles. The van der Waals surface area contributed by atoms with Gasteiger partial charge < -0.3 is 20.7 Å². The van der Waals surface area contributed by atoms with Gasteiger partial charge in [0.2, 0.25) is 0 Å². The van der Waals surface area contributed by atoms with Gasteiger partial charge in [0.15, 0.2) is 5.69 Å². The highest BCUT2D eigenvalue weighted by Gasteiger charge is 2.28. The van der Waals surface area contributed by atoms with Crippen LogP contribution in [0.3, 0.4) is 0 Å². The average Bonchev–Trinajstić information content (AvgIpc) is 3.39. The number of alkyl carbamates (subject to hydrolysis) is 1. The zero-order chi connectivity index (χ0) is 29.7. The van der Waals surface area contributed by atoms with Gasteiger partial charge in [-0.15, -0.1) is 5.10 Å². The Balaban J connectivity index is 1.60. The maximum absolute atomic E-state index is 12.9. The van der Waals surface area contributed by atoms with Crippen LogP contribution in [0.2, 0.25) is 0 Å². The number of carbonyl (C=O) groups excluding carboxylic acids is 3. The third kappa shape index (κ3) is 10.2. The van der Waals surface area contributed by atoms with Crippen LogP contribution in [0.1, 0.15) is 51.4 Å². The number of nitrogens with zero attached hydrogens (tertiary/aromatic N) is 3. The topological polar surface area (TPSA) is 127 Å². The molecule has 0 aliphatic rings. The molecule has 2 aromatic carbocycles. The third-order valence-corrected chi connectivity index (χ3v) is 5.74. The van der Waals surface area contributed by atoms with Crippen molar-refractivity contribution < 1.29 is 36.7 Å². The van der Waals surface area contributed by atoms with Crippen molar-refractivity contribution in [2.75, 3.05) is 26.3 Å². The van der Waals surface area contributed by atoms with Crippen molar-refractivity contribution in [1.82, 2.24) is 30.9 Å². The summed E-state index contributed by atoms with van der Waals surface area (Å²) in [6.45, 7) is -1.65. The molecular formula is C27H30F4N6O4. The molecule has 0 saturated heterocycles. The van der Waals surface area contributed by atoms with Crippen LogP contribution in [0.4, 0.5) is 22.4 Å². The largest absolute Gasteiger partial charge is 0.445 e. The van der Waals surface area contributed by atoms with Gasteiger partial charge in [0.25, 0.3) is 11.8 Å². The van der Waals surface area contributed by atoms with Gasteiger partial charge in [0, 0.05) is 18.7 Å². The van der Waals surface area contributed by atoms with Gasteiger partial charge in [0.05, 0.1) is 18.1 Å². The van der Waals surface area contributed by atoms with Crippen LogP contribution >= 0.6 is 0 Å². The summed E-state index contributed by atoms with van der Waals surface area (Å²) in [7, 11) is 0. The minimum Gasteiger partial charge on any atom is -0.445 e. The summed E-state index contributed by atoms with van der Waals surface area (Å²) in [5.74, 6) is -1.43. The lowest BCUT2D eigenvalue weighted by molar-refractivity contribution is -0.123. The monoisotopic (exact) mass is 578 g/mol. The number of hydrogen-bond acceptors (Lipinski definition) is 6. The van der Waals surface area contributed by atoms with Crippen LogP contribution in [0.5, 0.6) is 0 Å². The van der Waals surface area contributed by atoms with Gasteiger partial charge >= 0.3 is 12.3 Å². The van der Waals surface area contributed by atoms with Crippen molar-refractivity contribution in [2.45, 2.75) is 38.5 Å². The van der Waals surface area contributed by atoms with Crippen molar-refractivity contribution in [1.29, 1.82) is 0 Å². The van der Waals surface area contributed by atoms with Crippen LogP contribution < -0.4 is 16.0 Å². The van der Waals surface area contributed by atoms with E-state index in [2.05, 4.69) is 20.9 Å². The minimum absolute atomic E-state index is 0.00960. The van der Waals surface area contributed by atoms with Gasteiger partial charge in [-0.3, -0.25) is 14.0 Å². The predicted octanol–water partition coefficient (Wildman–Crippen LogP) is 3.90. The summed E-state index contributed by atoms with van der Waals surface area (Å²) in [6, 6.07) is 14.7. The van der Waals surface area contributed by atoms with Crippen molar-refractivity contribution in [3.63, 3.8) is 0 Å². The lowest BCUT2D eigenvalue weighted by Crippen LogP contribution is -2.35. The van der Waals surface area contributed by atoms with Crippen molar-refractivity contribution in [2.24, 2.45) is 0 Å². The Morgan fingerprint density at radius 3 is 2.24 bits per heavy atom. The second-order valence-corrected chi connectivity index (χ2v) is 8.89. The molecule has 3 rings (SSSR count). The molecule has 10 nitrogen and oxygen atoms in total. The minimum atomic E-state index is -4.54. The highest BCUT2D eigenvalue weighted by Crippen LogP contribution is 2.18. The number of nitrogens with one attached hydrogen (secondary N) is 3. The van der Waals surface area contributed by atoms with Gasteiger partial charge in [-0.1, -0.05) is 42.0 Å². The van der Waals surface area contributed by atoms with Crippen molar-refractivity contribution in [3.8, 4) is 5.69 Å². The van der Waals surface area contributed by atoms with Crippen LogP contribution in [-0.4, -0.2) is 65.4 Å². The van der Waals surface area contributed by atoms with E-state index in [9.17, 15) is 31.9 Å². The van der Waals surface area contributed by atoms with Crippen molar-refractivity contribution in [3.05, 3.63) is 77.1 Å². The van der Waals surface area contributed by atoms with E-state index in [4.69, 9.17) is 4.74 Å². The van der Waals surface area contributed by atoms with E-state index in [0.29, 0.717) is 37.1 Å². The smallest absolute Gasteiger partial charge is 0.407 e. The molecule has 0 fully saturated rings. The standard InChI is InChI=1S/C27H30F4N6O4/c28-14-6-2-5-9-22-23(25(39)32-15-16-33-26(40)41-17-19-7-3-1-4-8-19)35-36-37(22)21-12-10-20(11-13-21)24(38)34-18-27(29,30)31/h1,3-4,7-8,10-13H,2,5-6,9,14-18H2,(H,32,39)(H,33,40)(H,34,38). The Morgan fingerprint density at radius 2 is 1.56 bits per heavy atom. The molecule has 0 aliphatic heterocycles. The molecule has 3 N–H and O–H groups in total. The van der Waals surface area contributed by atoms with E-state index in [0.717, 1.165) is 5.56 Å². The Labute approximate surface area is 233 Å². The summed E-state index contributed by atoms with van der Waals surface area (Å²) in [6.07, 6.45) is -3.37. The second kappa shape index (κ2) is 15.3. The molecule has 3 aromatic rings. The number of alkyl halides is 4. The molecule has 1 heterocycles. The summed E-state index contributed by atoms with van der Waals surface area (Å²) in [5, 5.41) is 15.0. The maximum atomic E-state index is 12.9. The molecule has 0 radical (unpaired) electrons. The molecule has 220 valence electrons. The third-order valence-electron chi connectivity index (χ3n) is 5.74. The molecule has 1 aromatic heterocycles. The number of aromatic nitrogens is 3. The predicted molar refractivity (Wildman–Crippen MR) is 140 cm³/mol. The molecule has 0 atom stereocenters. The number of ether oxygens (including phenoxy) is 1. The quantitative estimate of drug-likeness (QED) is 0.197. The number of benzene rings is 2. The number of hydrogen-bond donors (Lipinski definition) is 3. The van der Waals surface area contributed by atoms with E-state index in [1.807, 2.05) is 30.3 Å². The molecule has 41 heavy (non-hydrogen) atoms. The van der Waals surface area contributed by atoms with E-state index in [-0.39, 0.29) is 31.0 Å². The van der Waals surface area contributed by atoms with Crippen LogP contribution in [-0.2, 0) is 17.8 Å². The first-order valence-corrected chi connectivity index (χ1v) is 12.9. The van der Waals surface area contributed by atoms with Crippen LogP contribution in [0.15, 0.2) is 54.6 Å². The molecule has 14 heteroatoms.